The Labute approximate surface area is 111 Å². The van der Waals surface area contributed by atoms with Gasteiger partial charge in [-0.1, -0.05) is 20.8 Å². The number of rotatable bonds is 4. The van der Waals surface area contributed by atoms with Crippen LogP contribution < -0.4 is 0 Å². The molecular weight excluding hydrogens is 232 g/mol. The van der Waals surface area contributed by atoms with Crippen LogP contribution in [0.4, 0.5) is 0 Å². The summed E-state index contributed by atoms with van der Waals surface area (Å²) in [6.07, 6.45) is 2.69. The maximum absolute atomic E-state index is 5.63. The zero-order valence-electron chi connectivity index (χ0n) is 12.8. The molecule has 108 valence electrons. The molecule has 0 heterocycles. The van der Waals surface area contributed by atoms with Crippen molar-refractivity contribution in [2.24, 2.45) is 11.3 Å². The lowest BCUT2D eigenvalue weighted by Crippen LogP contribution is -2.47. The van der Waals surface area contributed by atoms with Crippen LogP contribution in [0.15, 0.2) is 0 Å². The monoisotopic (exact) mass is 260 g/mol. The van der Waals surface area contributed by atoms with Gasteiger partial charge in [0.05, 0.1) is 12.7 Å². The second-order valence-corrected chi connectivity index (χ2v) is 7.29. The SMILES string of the molecule is COOC1(OOC(C)(C)C)CC(C)CC(C)(C)C1. The van der Waals surface area contributed by atoms with Gasteiger partial charge in [0.15, 0.2) is 0 Å². The van der Waals surface area contributed by atoms with Crippen molar-refractivity contribution in [1.29, 1.82) is 0 Å². The van der Waals surface area contributed by atoms with E-state index in [4.69, 9.17) is 19.6 Å². The van der Waals surface area contributed by atoms with Crippen LogP contribution in [-0.2, 0) is 19.6 Å². The molecule has 4 nitrogen and oxygen atoms in total. The van der Waals surface area contributed by atoms with Gasteiger partial charge < -0.3 is 0 Å². The van der Waals surface area contributed by atoms with Crippen LogP contribution >= 0.6 is 0 Å². The highest BCUT2D eigenvalue weighted by Gasteiger charge is 2.47. The van der Waals surface area contributed by atoms with Crippen LogP contribution in [0.25, 0.3) is 0 Å². The minimum atomic E-state index is -0.802. The van der Waals surface area contributed by atoms with Crippen molar-refractivity contribution in [1.82, 2.24) is 0 Å². The Morgan fingerprint density at radius 2 is 1.67 bits per heavy atom. The second kappa shape index (κ2) is 5.45. The minimum Gasteiger partial charge on any atom is -0.237 e. The third-order valence-electron chi connectivity index (χ3n) is 2.99. The average Bonchev–Trinajstić information content (AvgIpc) is 2.10. The largest absolute Gasteiger partial charge is 0.237 e. The Kier molecular flexibility index (Phi) is 4.81. The van der Waals surface area contributed by atoms with E-state index < -0.39 is 5.79 Å². The summed E-state index contributed by atoms with van der Waals surface area (Å²) >= 11 is 0. The van der Waals surface area contributed by atoms with Gasteiger partial charge in [-0.15, -0.1) is 0 Å². The summed E-state index contributed by atoms with van der Waals surface area (Å²) < 4.78 is 0. The molecule has 1 rings (SSSR count). The molecule has 2 unspecified atom stereocenters. The van der Waals surface area contributed by atoms with Crippen LogP contribution in [0.2, 0.25) is 0 Å². The Morgan fingerprint density at radius 3 is 2.11 bits per heavy atom. The van der Waals surface area contributed by atoms with Crippen molar-refractivity contribution >= 4 is 0 Å². The first-order valence-electron chi connectivity index (χ1n) is 6.66. The second-order valence-electron chi connectivity index (χ2n) is 7.29. The van der Waals surface area contributed by atoms with Gasteiger partial charge in [-0.2, -0.15) is 9.78 Å². The maximum Gasteiger partial charge on any atom is 0.234 e. The first-order valence-corrected chi connectivity index (χ1v) is 6.66. The van der Waals surface area contributed by atoms with Gasteiger partial charge in [0.1, 0.15) is 0 Å². The van der Waals surface area contributed by atoms with Crippen molar-refractivity contribution in [3.05, 3.63) is 0 Å². The van der Waals surface area contributed by atoms with Crippen LogP contribution in [-0.4, -0.2) is 18.5 Å². The standard InChI is InChI=1S/C14H28O4/c1-11-8-13(5,6)10-14(9-11,17-15-7)18-16-12(2,3)4/h11H,8-10H2,1-7H3. The van der Waals surface area contributed by atoms with Gasteiger partial charge in [0.25, 0.3) is 0 Å². The van der Waals surface area contributed by atoms with E-state index in [2.05, 4.69) is 20.8 Å². The molecule has 0 amide bonds. The quantitative estimate of drug-likeness (QED) is 0.437. The molecule has 1 saturated carbocycles. The highest BCUT2D eigenvalue weighted by molar-refractivity contribution is 4.88. The fraction of sp³-hybridized carbons (Fsp3) is 1.00. The average molecular weight is 260 g/mol. The molecule has 0 aromatic rings. The Morgan fingerprint density at radius 1 is 1.06 bits per heavy atom. The lowest BCUT2D eigenvalue weighted by molar-refractivity contribution is -0.533. The number of hydrogen-bond donors (Lipinski definition) is 0. The first kappa shape index (κ1) is 15.9. The molecule has 0 aliphatic heterocycles. The predicted octanol–water partition coefficient (Wildman–Crippen LogP) is 3.85. The summed E-state index contributed by atoms with van der Waals surface area (Å²) in [4.78, 5) is 21.4. The van der Waals surface area contributed by atoms with Gasteiger partial charge in [0, 0.05) is 12.8 Å². The molecule has 0 spiro atoms. The third kappa shape index (κ3) is 4.84. The zero-order chi connectivity index (χ0) is 14.0. The third-order valence-corrected chi connectivity index (χ3v) is 2.99. The fourth-order valence-electron chi connectivity index (χ4n) is 2.91. The fourth-order valence-corrected chi connectivity index (χ4v) is 2.91. The van der Waals surface area contributed by atoms with Crippen LogP contribution in [0, 0.1) is 11.3 Å². The summed E-state index contributed by atoms with van der Waals surface area (Å²) in [7, 11) is 1.51. The molecule has 0 aromatic heterocycles. The van der Waals surface area contributed by atoms with E-state index in [1.807, 2.05) is 20.8 Å². The molecule has 0 saturated heterocycles. The van der Waals surface area contributed by atoms with Gasteiger partial charge in [-0.25, -0.2) is 9.78 Å². The van der Waals surface area contributed by atoms with Crippen molar-refractivity contribution in [2.75, 3.05) is 7.11 Å². The molecular formula is C14H28O4. The summed E-state index contributed by atoms with van der Waals surface area (Å²) in [5.41, 5.74) is -0.216. The highest BCUT2D eigenvalue weighted by Crippen LogP contribution is 2.46. The Bertz CT molecular complexity index is 269. The smallest absolute Gasteiger partial charge is 0.234 e. The highest BCUT2D eigenvalue weighted by atomic mass is 17.3. The van der Waals surface area contributed by atoms with Gasteiger partial charge in [-0.05, 0) is 38.5 Å². The Balaban J connectivity index is 2.78. The molecule has 18 heavy (non-hydrogen) atoms. The lowest BCUT2D eigenvalue weighted by Gasteiger charge is -2.45. The van der Waals surface area contributed by atoms with E-state index in [9.17, 15) is 0 Å². The van der Waals surface area contributed by atoms with Gasteiger partial charge in [0.2, 0.25) is 5.79 Å². The van der Waals surface area contributed by atoms with E-state index in [-0.39, 0.29) is 11.0 Å². The van der Waals surface area contributed by atoms with Crippen LogP contribution in [0.1, 0.15) is 60.8 Å². The summed E-state index contributed by atoms with van der Waals surface area (Å²) in [6.45, 7) is 12.5. The molecule has 4 heteroatoms. The van der Waals surface area contributed by atoms with E-state index in [1.165, 1.54) is 7.11 Å². The molecule has 1 aliphatic rings. The summed E-state index contributed by atoms with van der Waals surface area (Å²) in [6, 6.07) is 0. The zero-order valence-corrected chi connectivity index (χ0v) is 12.8. The van der Waals surface area contributed by atoms with E-state index >= 15 is 0 Å². The van der Waals surface area contributed by atoms with Crippen molar-refractivity contribution in [3.63, 3.8) is 0 Å². The van der Waals surface area contributed by atoms with Crippen molar-refractivity contribution in [2.45, 2.75) is 72.2 Å². The van der Waals surface area contributed by atoms with Gasteiger partial charge in [-0.3, -0.25) is 0 Å². The molecule has 2 atom stereocenters. The van der Waals surface area contributed by atoms with Crippen LogP contribution in [0.3, 0.4) is 0 Å². The summed E-state index contributed by atoms with van der Waals surface area (Å²) in [5, 5.41) is 0. The topological polar surface area (TPSA) is 36.9 Å². The van der Waals surface area contributed by atoms with Gasteiger partial charge >= 0.3 is 0 Å². The predicted molar refractivity (Wildman–Crippen MR) is 69.5 cm³/mol. The minimum absolute atomic E-state index is 0.150. The molecule has 0 N–H and O–H groups in total. The molecule has 0 aromatic carbocycles. The van der Waals surface area contributed by atoms with E-state index in [0.29, 0.717) is 5.92 Å². The van der Waals surface area contributed by atoms with Crippen LogP contribution in [0.5, 0.6) is 0 Å². The Hall–Kier alpha value is -0.160. The molecule has 0 radical (unpaired) electrons. The first-order chi connectivity index (χ1) is 8.08. The lowest BCUT2D eigenvalue weighted by atomic mass is 9.70. The molecule has 1 fully saturated rings. The van der Waals surface area contributed by atoms with Crippen molar-refractivity contribution < 1.29 is 19.6 Å². The van der Waals surface area contributed by atoms with E-state index in [0.717, 1.165) is 19.3 Å². The maximum atomic E-state index is 5.63. The summed E-state index contributed by atoms with van der Waals surface area (Å²) in [5.74, 6) is -0.295. The normalized spacial score (nSPS) is 32.5. The van der Waals surface area contributed by atoms with Crippen molar-refractivity contribution in [3.8, 4) is 0 Å². The van der Waals surface area contributed by atoms with E-state index in [1.54, 1.807) is 0 Å². The number of hydrogen-bond acceptors (Lipinski definition) is 4. The molecule has 1 aliphatic carbocycles. The molecule has 0 bridgehead atoms.